The maximum Gasteiger partial charge on any atom is 0.128 e. The molecule has 1 aliphatic rings. The SMILES string of the molecule is CC1(C)COOO1. The van der Waals surface area contributed by atoms with Crippen LogP contribution in [0.2, 0.25) is 0 Å². The van der Waals surface area contributed by atoms with Crippen molar-refractivity contribution in [2.24, 2.45) is 0 Å². The second-order valence-corrected chi connectivity index (χ2v) is 2.17. The van der Waals surface area contributed by atoms with Crippen LogP contribution in [0.3, 0.4) is 0 Å². The van der Waals surface area contributed by atoms with Gasteiger partial charge >= 0.3 is 0 Å². The second-order valence-electron chi connectivity index (χ2n) is 2.17. The average Bonchev–Trinajstić information content (AvgIpc) is 1.84. The van der Waals surface area contributed by atoms with Gasteiger partial charge in [0.1, 0.15) is 12.2 Å². The van der Waals surface area contributed by atoms with Crippen LogP contribution in [-0.2, 0) is 14.8 Å². The van der Waals surface area contributed by atoms with Crippen molar-refractivity contribution in [2.75, 3.05) is 6.61 Å². The van der Waals surface area contributed by atoms with Gasteiger partial charge in [-0.25, -0.2) is 4.89 Å². The lowest BCUT2D eigenvalue weighted by molar-refractivity contribution is -0.467. The molecule has 0 atom stereocenters. The fourth-order valence-electron chi connectivity index (χ4n) is 0.306. The molecule has 0 amide bonds. The molecule has 0 saturated carbocycles. The molecule has 0 aromatic rings. The summed E-state index contributed by atoms with van der Waals surface area (Å²) in [5.41, 5.74) is -0.250. The predicted octanol–water partition coefficient (Wildman–Crippen LogP) is 0.658. The lowest BCUT2D eigenvalue weighted by atomic mass is 10.2. The molecule has 42 valence electrons. The van der Waals surface area contributed by atoms with Gasteiger partial charge in [-0.3, -0.25) is 0 Å². The van der Waals surface area contributed by atoms with E-state index in [0.29, 0.717) is 6.61 Å². The van der Waals surface area contributed by atoms with E-state index < -0.39 is 0 Å². The van der Waals surface area contributed by atoms with Gasteiger partial charge in [-0.15, -0.1) is 0 Å². The normalized spacial score (nSPS) is 28.3. The Kier molecular flexibility index (Phi) is 1.03. The monoisotopic (exact) mass is 104 g/mol. The van der Waals surface area contributed by atoms with Crippen LogP contribution in [-0.4, -0.2) is 12.2 Å². The Hall–Kier alpha value is -0.120. The van der Waals surface area contributed by atoms with Crippen LogP contribution in [0.15, 0.2) is 0 Å². The number of hydrogen-bond donors (Lipinski definition) is 0. The minimum Gasteiger partial charge on any atom is -0.203 e. The van der Waals surface area contributed by atoms with Crippen molar-refractivity contribution in [1.29, 1.82) is 0 Å². The highest BCUT2D eigenvalue weighted by molar-refractivity contribution is 4.64. The number of hydrogen-bond acceptors (Lipinski definition) is 3. The van der Waals surface area contributed by atoms with E-state index in [-0.39, 0.29) is 5.60 Å². The first-order valence-electron chi connectivity index (χ1n) is 2.18. The highest BCUT2D eigenvalue weighted by Gasteiger charge is 2.27. The average molecular weight is 104 g/mol. The molecule has 1 saturated heterocycles. The largest absolute Gasteiger partial charge is 0.203 e. The van der Waals surface area contributed by atoms with Crippen LogP contribution < -0.4 is 0 Å². The summed E-state index contributed by atoms with van der Waals surface area (Å²) in [6.07, 6.45) is 0. The third-order valence-corrected chi connectivity index (χ3v) is 0.714. The van der Waals surface area contributed by atoms with Gasteiger partial charge in [-0.1, -0.05) is 5.04 Å². The Bertz CT molecular complexity index is 61.3. The lowest BCUT2D eigenvalue weighted by Gasteiger charge is -2.06. The van der Waals surface area contributed by atoms with Crippen molar-refractivity contribution in [2.45, 2.75) is 19.4 Å². The Labute approximate surface area is 42.0 Å². The second kappa shape index (κ2) is 1.43. The van der Waals surface area contributed by atoms with Gasteiger partial charge in [-0.05, 0) is 13.8 Å². The van der Waals surface area contributed by atoms with Crippen LogP contribution in [0.4, 0.5) is 0 Å². The minimum atomic E-state index is -0.250. The maximum atomic E-state index is 4.62. The molecule has 3 nitrogen and oxygen atoms in total. The van der Waals surface area contributed by atoms with Crippen LogP contribution in [0.1, 0.15) is 13.8 Å². The third-order valence-electron chi connectivity index (χ3n) is 0.714. The fourth-order valence-corrected chi connectivity index (χ4v) is 0.306. The van der Waals surface area contributed by atoms with Crippen molar-refractivity contribution in [3.63, 3.8) is 0 Å². The van der Waals surface area contributed by atoms with Crippen molar-refractivity contribution in [3.8, 4) is 0 Å². The molecule has 3 heteroatoms. The zero-order valence-corrected chi connectivity index (χ0v) is 4.43. The molecule has 0 aromatic heterocycles. The molecule has 0 N–H and O–H groups in total. The summed E-state index contributed by atoms with van der Waals surface area (Å²) in [6, 6.07) is 0. The smallest absolute Gasteiger partial charge is 0.128 e. The van der Waals surface area contributed by atoms with Crippen LogP contribution in [0, 0.1) is 0 Å². The fraction of sp³-hybridized carbons (Fsp3) is 1.00. The van der Waals surface area contributed by atoms with Gasteiger partial charge in [0.05, 0.1) is 0 Å². The van der Waals surface area contributed by atoms with E-state index in [1.807, 2.05) is 13.8 Å². The summed E-state index contributed by atoms with van der Waals surface area (Å²) >= 11 is 0. The quantitative estimate of drug-likeness (QED) is 0.422. The van der Waals surface area contributed by atoms with E-state index in [4.69, 9.17) is 0 Å². The third kappa shape index (κ3) is 1.12. The van der Waals surface area contributed by atoms with Gasteiger partial charge in [0.15, 0.2) is 0 Å². The predicted molar refractivity (Wildman–Crippen MR) is 22.2 cm³/mol. The van der Waals surface area contributed by atoms with Gasteiger partial charge in [0.2, 0.25) is 0 Å². The molecular weight excluding hydrogens is 96.0 g/mol. The first-order valence-corrected chi connectivity index (χ1v) is 2.18. The first kappa shape index (κ1) is 5.03. The van der Waals surface area contributed by atoms with Crippen LogP contribution in [0.5, 0.6) is 0 Å². The van der Waals surface area contributed by atoms with E-state index in [2.05, 4.69) is 14.8 Å². The summed E-state index contributed by atoms with van der Waals surface area (Å²) in [5.74, 6) is 0. The molecule has 0 unspecified atom stereocenters. The molecule has 0 aliphatic carbocycles. The molecule has 0 spiro atoms. The van der Waals surface area contributed by atoms with Gasteiger partial charge in [0, 0.05) is 0 Å². The number of rotatable bonds is 0. The summed E-state index contributed by atoms with van der Waals surface area (Å²) in [6.45, 7) is 4.28. The molecule has 1 rings (SSSR count). The Morgan fingerprint density at radius 2 is 2.14 bits per heavy atom. The van der Waals surface area contributed by atoms with Gasteiger partial charge in [0.25, 0.3) is 0 Å². The summed E-state index contributed by atoms with van der Waals surface area (Å²) in [5, 5.41) is 4.16. The molecule has 1 fully saturated rings. The van der Waals surface area contributed by atoms with E-state index in [9.17, 15) is 0 Å². The summed E-state index contributed by atoms with van der Waals surface area (Å²) in [4.78, 5) is 9.06. The highest BCUT2D eigenvalue weighted by atomic mass is 17.5. The lowest BCUT2D eigenvalue weighted by Crippen LogP contribution is -2.20. The van der Waals surface area contributed by atoms with E-state index in [0.717, 1.165) is 0 Å². The molecular formula is C4H8O3. The summed E-state index contributed by atoms with van der Waals surface area (Å²) < 4.78 is 0. The van der Waals surface area contributed by atoms with Crippen molar-refractivity contribution < 1.29 is 14.8 Å². The zero-order chi connectivity index (χ0) is 5.33. The van der Waals surface area contributed by atoms with Crippen molar-refractivity contribution in [3.05, 3.63) is 0 Å². The van der Waals surface area contributed by atoms with Crippen molar-refractivity contribution >= 4 is 0 Å². The Morgan fingerprint density at radius 1 is 1.43 bits per heavy atom. The zero-order valence-electron chi connectivity index (χ0n) is 4.43. The molecule has 0 aromatic carbocycles. The molecule has 1 heterocycles. The molecule has 0 bridgehead atoms. The minimum absolute atomic E-state index is 0.250. The molecule has 0 radical (unpaired) electrons. The van der Waals surface area contributed by atoms with E-state index >= 15 is 0 Å². The van der Waals surface area contributed by atoms with Gasteiger partial charge in [-0.2, -0.15) is 4.89 Å². The van der Waals surface area contributed by atoms with Crippen LogP contribution >= 0.6 is 0 Å². The highest BCUT2D eigenvalue weighted by Crippen LogP contribution is 2.16. The Balaban J connectivity index is 2.40. The summed E-state index contributed by atoms with van der Waals surface area (Å²) in [7, 11) is 0. The van der Waals surface area contributed by atoms with Gasteiger partial charge < -0.3 is 0 Å². The van der Waals surface area contributed by atoms with Crippen LogP contribution in [0.25, 0.3) is 0 Å². The molecule has 7 heavy (non-hydrogen) atoms. The van der Waals surface area contributed by atoms with E-state index in [1.165, 1.54) is 0 Å². The Morgan fingerprint density at radius 3 is 2.29 bits per heavy atom. The molecule has 1 aliphatic heterocycles. The maximum absolute atomic E-state index is 4.62. The first-order chi connectivity index (χ1) is 3.21. The topological polar surface area (TPSA) is 27.7 Å². The van der Waals surface area contributed by atoms with Crippen molar-refractivity contribution in [1.82, 2.24) is 0 Å². The standard InChI is InChI=1S/C4H8O3/c1-4(2)3-5-7-6-4/h3H2,1-2H3. The van der Waals surface area contributed by atoms with E-state index in [1.54, 1.807) is 0 Å².